The molecule has 1 unspecified atom stereocenters. The number of hydrogen-bond acceptors (Lipinski definition) is 1. The number of amides is 1. The van der Waals surface area contributed by atoms with Crippen molar-refractivity contribution < 1.29 is 4.79 Å². The van der Waals surface area contributed by atoms with Gasteiger partial charge in [0, 0.05) is 12.7 Å². The molecule has 0 radical (unpaired) electrons. The van der Waals surface area contributed by atoms with Crippen molar-refractivity contribution in [2.75, 3.05) is 6.54 Å². The van der Waals surface area contributed by atoms with Crippen LogP contribution in [0.15, 0.2) is 12.3 Å². The minimum Gasteiger partial charge on any atom is -0.322 e. The summed E-state index contributed by atoms with van der Waals surface area (Å²) in [6, 6.07) is 0. The van der Waals surface area contributed by atoms with Gasteiger partial charge >= 0.3 is 0 Å². The van der Waals surface area contributed by atoms with E-state index in [0.717, 1.165) is 19.4 Å². The van der Waals surface area contributed by atoms with Crippen molar-refractivity contribution in [3.8, 4) is 0 Å². The highest BCUT2D eigenvalue weighted by Gasteiger charge is 2.06. The molecule has 0 spiro atoms. The average Bonchev–Trinajstić information content (AvgIpc) is 2.10. The summed E-state index contributed by atoms with van der Waals surface area (Å²) in [5.74, 6) is 0.640. The lowest BCUT2D eigenvalue weighted by Crippen LogP contribution is -2.21. The van der Waals surface area contributed by atoms with Gasteiger partial charge in [0.25, 0.3) is 0 Å². The Morgan fingerprint density at radius 3 is 2.55 bits per heavy atom. The van der Waals surface area contributed by atoms with Gasteiger partial charge in [0.15, 0.2) is 0 Å². The summed E-state index contributed by atoms with van der Waals surface area (Å²) in [7, 11) is 0. The van der Waals surface area contributed by atoms with Crippen LogP contribution in [-0.2, 0) is 4.79 Å². The van der Waals surface area contributed by atoms with Gasteiger partial charge in [-0.15, -0.1) is 0 Å². The second-order valence-corrected chi connectivity index (χ2v) is 2.45. The van der Waals surface area contributed by atoms with Crippen molar-refractivity contribution >= 4 is 6.41 Å². The normalized spacial score (nSPS) is 22.1. The molecule has 0 saturated carbocycles. The van der Waals surface area contributed by atoms with Crippen LogP contribution in [0.2, 0.25) is 0 Å². The van der Waals surface area contributed by atoms with Crippen LogP contribution in [0.3, 0.4) is 0 Å². The Labute approximate surface area is 68.9 Å². The summed E-state index contributed by atoms with van der Waals surface area (Å²) in [6.07, 6.45) is 5.86. The fraction of sp³-hybridized carbons (Fsp3) is 0.667. The molecule has 2 nitrogen and oxygen atoms in total. The van der Waals surface area contributed by atoms with E-state index in [9.17, 15) is 4.79 Å². The summed E-state index contributed by atoms with van der Waals surface area (Å²) in [5.41, 5.74) is 0. The van der Waals surface area contributed by atoms with Crippen LogP contribution in [0.5, 0.6) is 0 Å². The van der Waals surface area contributed by atoms with E-state index in [4.69, 9.17) is 0 Å². The number of carbonyl (C=O) groups excluding carboxylic acids is 1. The Bertz CT molecular complexity index is 132. The first-order valence-corrected chi connectivity index (χ1v) is 4.22. The van der Waals surface area contributed by atoms with Crippen LogP contribution >= 0.6 is 0 Å². The highest BCUT2D eigenvalue weighted by molar-refractivity contribution is 5.49. The van der Waals surface area contributed by atoms with Crippen molar-refractivity contribution in [3.05, 3.63) is 12.3 Å². The maximum Gasteiger partial charge on any atom is 0.213 e. The van der Waals surface area contributed by atoms with Gasteiger partial charge in [-0.2, -0.15) is 0 Å². The number of allylic oxidation sites excluding steroid dienone is 1. The number of rotatable bonds is 1. The van der Waals surface area contributed by atoms with Crippen LogP contribution in [0.4, 0.5) is 0 Å². The van der Waals surface area contributed by atoms with Crippen molar-refractivity contribution in [1.82, 2.24) is 4.90 Å². The summed E-state index contributed by atoms with van der Waals surface area (Å²) < 4.78 is 0. The Balaban J connectivity index is 0.000000461. The Hall–Kier alpha value is -0.790. The minimum absolute atomic E-state index is 0.640. The van der Waals surface area contributed by atoms with Gasteiger partial charge in [-0.3, -0.25) is 4.79 Å². The van der Waals surface area contributed by atoms with Crippen LogP contribution in [0, 0.1) is 5.92 Å². The van der Waals surface area contributed by atoms with Crippen molar-refractivity contribution in [1.29, 1.82) is 0 Å². The molecule has 0 N–H and O–H groups in total. The number of carbonyl (C=O) groups is 1. The minimum atomic E-state index is 0.640. The van der Waals surface area contributed by atoms with E-state index in [0.29, 0.717) is 5.92 Å². The van der Waals surface area contributed by atoms with E-state index in [-0.39, 0.29) is 0 Å². The van der Waals surface area contributed by atoms with Gasteiger partial charge < -0.3 is 4.90 Å². The first-order chi connectivity index (χ1) is 5.33. The molecule has 1 rings (SSSR count). The second-order valence-electron chi connectivity index (χ2n) is 2.45. The predicted molar refractivity (Wildman–Crippen MR) is 47.0 cm³/mol. The first kappa shape index (κ1) is 10.2. The van der Waals surface area contributed by atoms with Gasteiger partial charge in [-0.05, 0) is 12.3 Å². The maximum absolute atomic E-state index is 10.1. The van der Waals surface area contributed by atoms with Gasteiger partial charge in [-0.1, -0.05) is 26.8 Å². The monoisotopic (exact) mass is 155 g/mol. The van der Waals surface area contributed by atoms with Gasteiger partial charge in [0.05, 0.1) is 0 Å². The van der Waals surface area contributed by atoms with E-state index in [2.05, 4.69) is 13.0 Å². The fourth-order valence-corrected chi connectivity index (χ4v) is 0.869. The lowest BCUT2D eigenvalue weighted by molar-refractivity contribution is -0.116. The molecule has 0 aromatic heterocycles. The Kier molecular flexibility index (Phi) is 5.53. The van der Waals surface area contributed by atoms with E-state index in [1.807, 2.05) is 20.0 Å². The maximum atomic E-state index is 10.1. The van der Waals surface area contributed by atoms with E-state index in [1.54, 1.807) is 4.90 Å². The van der Waals surface area contributed by atoms with Crippen molar-refractivity contribution in [2.45, 2.75) is 27.2 Å². The lowest BCUT2D eigenvalue weighted by Gasteiger charge is -2.19. The zero-order valence-electron chi connectivity index (χ0n) is 7.58. The third-order valence-electron chi connectivity index (χ3n) is 1.58. The van der Waals surface area contributed by atoms with Crippen LogP contribution in [0.25, 0.3) is 0 Å². The number of hydrogen-bond donors (Lipinski definition) is 0. The second kappa shape index (κ2) is 5.96. The van der Waals surface area contributed by atoms with Crippen LogP contribution in [-0.4, -0.2) is 17.9 Å². The van der Waals surface area contributed by atoms with Crippen molar-refractivity contribution in [2.24, 2.45) is 5.92 Å². The molecule has 0 bridgehead atoms. The average molecular weight is 155 g/mol. The number of nitrogens with zero attached hydrogens (tertiary/aromatic N) is 1. The molecule has 64 valence electrons. The molecule has 1 atom stereocenters. The molecule has 1 aliphatic rings. The van der Waals surface area contributed by atoms with E-state index >= 15 is 0 Å². The molecule has 2 heteroatoms. The molecule has 0 aromatic carbocycles. The Morgan fingerprint density at radius 2 is 2.18 bits per heavy atom. The zero-order valence-corrected chi connectivity index (χ0v) is 7.58. The SMILES string of the molecule is CC.CC1C=CN(C=O)CC1. The molecular formula is C9H17NO. The smallest absolute Gasteiger partial charge is 0.213 e. The first-order valence-electron chi connectivity index (χ1n) is 4.22. The van der Waals surface area contributed by atoms with Crippen LogP contribution < -0.4 is 0 Å². The van der Waals surface area contributed by atoms with E-state index in [1.165, 1.54) is 0 Å². The zero-order chi connectivity index (χ0) is 8.69. The largest absolute Gasteiger partial charge is 0.322 e. The highest BCUT2D eigenvalue weighted by Crippen LogP contribution is 2.10. The topological polar surface area (TPSA) is 20.3 Å². The standard InChI is InChI=1S/C7H11NO.C2H6/c1-7-2-4-8(6-9)5-3-7;1-2/h2,4,6-7H,3,5H2,1H3;1-2H3. The molecule has 1 amide bonds. The Morgan fingerprint density at radius 1 is 1.55 bits per heavy atom. The third kappa shape index (κ3) is 3.81. The third-order valence-corrected chi connectivity index (χ3v) is 1.58. The fourth-order valence-electron chi connectivity index (χ4n) is 0.869. The lowest BCUT2D eigenvalue weighted by atomic mass is 10.1. The highest BCUT2D eigenvalue weighted by atomic mass is 16.1. The summed E-state index contributed by atoms with van der Waals surface area (Å²) in [4.78, 5) is 11.8. The molecule has 0 aliphatic carbocycles. The molecule has 1 heterocycles. The molecule has 1 aliphatic heterocycles. The molecule has 11 heavy (non-hydrogen) atoms. The van der Waals surface area contributed by atoms with Gasteiger partial charge in [0.1, 0.15) is 0 Å². The summed E-state index contributed by atoms with van der Waals surface area (Å²) in [6.45, 7) is 7.03. The molecule has 0 fully saturated rings. The quantitative estimate of drug-likeness (QED) is 0.530. The van der Waals surface area contributed by atoms with E-state index < -0.39 is 0 Å². The van der Waals surface area contributed by atoms with Gasteiger partial charge in [0.2, 0.25) is 6.41 Å². The van der Waals surface area contributed by atoms with Crippen molar-refractivity contribution in [3.63, 3.8) is 0 Å². The molecule has 0 aromatic rings. The molecular weight excluding hydrogens is 138 g/mol. The van der Waals surface area contributed by atoms with Crippen LogP contribution in [0.1, 0.15) is 27.2 Å². The predicted octanol–water partition coefficient (Wildman–Crippen LogP) is 2.02. The van der Waals surface area contributed by atoms with Gasteiger partial charge in [-0.25, -0.2) is 0 Å². The molecule has 0 saturated heterocycles. The summed E-state index contributed by atoms with van der Waals surface area (Å²) in [5, 5.41) is 0. The summed E-state index contributed by atoms with van der Waals surface area (Å²) >= 11 is 0.